The summed E-state index contributed by atoms with van der Waals surface area (Å²) in [7, 11) is 3.00. The first kappa shape index (κ1) is 48.5. The Hall–Kier alpha value is -7.53. The number of carbonyl (C=O) groups excluding carboxylic acids is 5. The summed E-state index contributed by atoms with van der Waals surface area (Å²) in [4.78, 5) is 70.6. The number of amides is 5. The molecule has 0 saturated heterocycles. The van der Waals surface area contributed by atoms with E-state index in [0.717, 1.165) is 41.8 Å². The van der Waals surface area contributed by atoms with Crippen molar-refractivity contribution in [3.8, 4) is 23.0 Å². The van der Waals surface area contributed by atoms with Crippen LogP contribution in [0.1, 0.15) is 97.2 Å². The van der Waals surface area contributed by atoms with Gasteiger partial charge in [0.25, 0.3) is 11.8 Å². The number of hydrogen-bond donors (Lipinski definition) is 6. The first-order chi connectivity index (χ1) is 34.1. The van der Waals surface area contributed by atoms with Crippen molar-refractivity contribution in [2.24, 2.45) is 5.41 Å². The SMILES string of the molecule is COc1cc2c(cc1OCc1cc(COc3cc4c(cc3OC)C(=O)N3c5ccccc5CC3CN4)cc(NC(=O)C(C)NC(=O)CNC(=O)CCC(C)(C)C)c1)N[C@H](O)C1CC3=C(C=CCC3)N1C2=O. The third kappa shape index (κ3) is 10.4. The number of rotatable bonds is 15. The molecule has 1 aliphatic carbocycles. The molecular formula is C54H61N7O10. The second kappa shape index (κ2) is 20.1. The second-order valence-corrected chi connectivity index (χ2v) is 19.8. The number of hydrogen-bond acceptors (Lipinski definition) is 12. The molecule has 5 amide bonds. The molecular weight excluding hydrogens is 907 g/mol. The van der Waals surface area contributed by atoms with Gasteiger partial charge in [0.15, 0.2) is 23.0 Å². The quantitative estimate of drug-likeness (QED) is 0.0727. The number of fused-ring (bicyclic) bond motifs is 7. The van der Waals surface area contributed by atoms with E-state index in [0.29, 0.717) is 81.7 Å². The molecule has 4 aromatic rings. The van der Waals surface area contributed by atoms with Gasteiger partial charge >= 0.3 is 0 Å². The first-order valence-corrected chi connectivity index (χ1v) is 24.1. The summed E-state index contributed by atoms with van der Waals surface area (Å²) < 4.78 is 24.4. The zero-order chi connectivity index (χ0) is 50.1. The molecule has 3 unspecified atom stereocenters. The predicted octanol–water partition coefficient (Wildman–Crippen LogP) is 6.81. The average molecular weight is 968 g/mol. The molecule has 0 aromatic heterocycles. The number of nitrogens with zero attached hydrogens (tertiary/aromatic N) is 2. The van der Waals surface area contributed by atoms with Gasteiger partial charge in [0.05, 0.1) is 55.3 Å². The average Bonchev–Trinajstić information content (AvgIpc) is 3.87. The standard InChI is InChI=1S/C54H61N7O10/c1-30(57-49(63)27-56-48(62)15-16-54(2,3)4)50(64)58-35-18-31(28-70-46-24-39-37(22-44(46)68-5)52(66)60-36(26-55-39)20-33-11-7-9-13-41(33)60)17-32(19-35)29-71-47-25-40-38(23-45(47)69-6)53(67)61-42-14-10-8-12-34(42)21-43(61)51(65)59-40/h7,9-11,13-14,17-19,22-25,30,36,43,51,55,59,65H,8,12,15-16,20-21,26-29H2,1-6H3,(H,56,62)(H,57,63)(H,58,64)/t30?,36?,43?,51-/m1/s1. The van der Waals surface area contributed by atoms with Crippen molar-refractivity contribution in [3.05, 3.63) is 118 Å². The lowest BCUT2D eigenvalue weighted by atomic mass is 9.90. The van der Waals surface area contributed by atoms with E-state index in [1.54, 1.807) is 48.2 Å². The third-order valence-electron chi connectivity index (χ3n) is 13.5. The highest BCUT2D eigenvalue weighted by molar-refractivity contribution is 6.12. The van der Waals surface area contributed by atoms with Crippen molar-refractivity contribution in [2.45, 2.75) is 104 Å². The highest BCUT2D eigenvalue weighted by Gasteiger charge is 2.43. The minimum atomic E-state index is -1.04. The Bertz CT molecular complexity index is 2850. The zero-order valence-corrected chi connectivity index (χ0v) is 40.9. The summed E-state index contributed by atoms with van der Waals surface area (Å²) in [5, 5.41) is 26.2. The summed E-state index contributed by atoms with van der Waals surface area (Å²) in [5.74, 6) is -0.333. The van der Waals surface area contributed by atoms with Gasteiger partial charge in [-0.1, -0.05) is 45.0 Å². The molecule has 5 aliphatic rings. The second-order valence-electron chi connectivity index (χ2n) is 19.8. The highest BCUT2D eigenvalue weighted by atomic mass is 16.5. The van der Waals surface area contributed by atoms with Crippen molar-refractivity contribution in [2.75, 3.05) is 48.2 Å². The van der Waals surface area contributed by atoms with E-state index in [1.165, 1.54) is 14.2 Å². The highest BCUT2D eigenvalue weighted by Crippen LogP contribution is 2.44. The molecule has 9 rings (SSSR count). The maximum absolute atomic E-state index is 14.1. The summed E-state index contributed by atoms with van der Waals surface area (Å²) in [6.45, 7) is 7.87. The smallest absolute Gasteiger partial charge is 0.260 e. The van der Waals surface area contributed by atoms with Gasteiger partial charge in [-0.15, -0.1) is 0 Å². The molecule has 0 saturated carbocycles. The van der Waals surface area contributed by atoms with Crippen LogP contribution < -0.4 is 50.4 Å². The van der Waals surface area contributed by atoms with Crippen LogP contribution in [0.3, 0.4) is 0 Å². The Morgan fingerprint density at radius 2 is 1.49 bits per heavy atom. The van der Waals surface area contributed by atoms with Crippen molar-refractivity contribution < 1.29 is 48.0 Å². The van der Waals surface area contributed by atoms with Crippen LogP contribution in [0.5, 0.6) is 23.0 Å². The van der Waals surface area contributed by atoms with Crippen LogP contribution >= 0.6 is 0 Å². The van der Waals surface area contributed by atoms with Gasteiger partial charge in [-0.3, -0.25) is 24.0 Å². The van der Waals surface area contributed by atoms with Crippen molar-refractivity contribution >= 4 is 52.3 Å². The van der Waals surface area contributed by atoms with Crippen LogP contribution in [-0.4, -0.2) is 91.2 Å². The Balaban J connectivity index is 0.947. The molecule has 4 atom stereocenters. The van der Waals surface area contributed by atoms with Crippen LogP contribution in [-0.2, 0) is 34.0 Å². The fraction of sp³-hybridized carbons (Fsp3) is 0.389. The summed E-state index contributed by atoms with van der Waals surface area (Å²) in [6.07, 6.45) is 6.93. The fourth-order valence-corrected chi connectivity index (χ4v) is 9.80. The lowest BCUT2D eigenvalue weighted by Gasteiger charge is -2.27. The van der Waals surface area contributed by atoms with Gasteiger partial charge < -0.3 is 60.4 Å². The van der Waals surface area contributed by atoms with Gasteiger partial charge in [-0.2, -0.15) is 0 Å². The maximum atomic E-state index is 14.1. The van der Waals surface area contributed by atoms with Gasteiger partial charge in [-0.25, -0.2) is 0 Å². The molecule has 71 heavy (non-hydrogen) atoms. The lowest BCUT2D eigenvalue weighted by molar-refractivity contribution is -0.128. The van der Waals surface area contributed by atoms with Crippen LogP contribution in [0.25, 0.3) is 0 Å². The summed E-state index contributed by atoms with van der Waals surface area (Å²) in [5.41, 5.74) is 7.37. The summed E-state index contributed by atoms with van der Waals surface area (Å²) in [6, 6.07) is 18.5. The van der Waals surface area contributed by atoms with E-state index in [4.69, 9.17) is 18.9 Å². The van der Waals surface area contributed by atoms with Gasteiger partial charge in [0.2, 0.25) is 17.7 Å². The number of methoxy groups -OCH3 is 2. The van der Waals surface area contributed by atoms with E-state index >= 15 is 0 Å². The molecule has 0 radical (unpaired) electrons. The zero-order valence-electron chi connectivity index (χ0n) is 40.9. The number of ether oxygens (including phenoxy) is 4. The number of nitrogens with one attached hydrogen (secondary N) is 5. The van der Waals surface area contributed by atoms with Gasteiger partial charge in [0, 0.05) is 42.2 Å². The molecule has 17 nitrogen and oxygen atoms in total. The Morgan fingerprint density at radius 3 is 2.18 bits per heavy atom. The number of aliphatic hydroxyl groups is 1. The molecule has 372 valence electrons. The third-order valence-corrected chi connectivity index (χ3v) is 13.5. The number of aliphatic hydroxyl groups excluding tert-OH is 1. The Kier molecular flexibility index (Phi) is 13.7. The topological polar surface area (TPSA) is 209 Å². The molecule has 4 aliphatic heterocycles. The number of para-hydroxylation sites is 1. The van der Waals surface area contributed by atoms with Gasteiger partial charge in [-0.05, 0) is 109 Å². The van der Waals surface area contributed by atoms with Crippen molar-refractivity contribution in [3.63, 3.8) is 0 Å². The van der Waals surface area contributed by atoms with Crippen LogP contribution in [0.2, 0.25) is 0 Å². The largest absolute Gasteiger partial charge is 0.493 e. The minimum absolute atomic E-state index is 0.000219. The van der Waals surface area contributed by atoms with Crippen LogP contribution in [0.4, 0.5) is 22.7 Å². The lowest BCUT2D eigenvalue weighted by Crippen LogP contribution is -2.45. The number of benzene rings is 4. The molecule has 4 heterocycles. The normalized spacial score (nSPS) is 19.0. The van der Waals surface area contributed by atoms with E-state index in [1.807, 2.05) is 68.2 Å². The molecule has 0 bridgehead atoms. The molecule has 6 N–H and O–H groups in total. The minimum Gasteiger partial charge on any atom is -0.493 e. The predicted molar refractivity (Wildman–Crippen MR) is 268 cm³/mol. The van der Waals surface area contributed by atoms with E-state index in [9.17, 15) is 29.1 Å². The molecule has 0 spiro atoms. The van der Waals surface area contributed by atoms with E-state index in [2.05, 4.69) is 26.6 Å². The number of carbonyl (C=O) groups is 5. The molecule has 0 fully saturated rings. The van der Waals surface area contributed by atoms with Crippen molar-refractivity contribution in [1.29, 1.82) is 0 Å². The summed E-state index contributed by atoms with van der Waals surface area (Å²) >= 11 is 0. The number of allylic oxidation sites excluding steroid dienone is 2. The number of anilines is 4. The van der Waals surface area contributed by atoms with E-state index < -0.39 is 30.1 Å². The van der Waals surface area contributed by atoms with Crippen molar-refractivity contribution in [1.82, 2.24) is 15.5 Å². The Labute approximate surface area is 412 Å². The van der Waals surface area contributed by atoms with Crippen LogP contribution in [0, 0.1) is 5.41 Å². The molecule has 4 aromatic carbocycles. The van der Waals surface area contributed by atoms with E-state index in [-0.39, 0.29) is 55.4 Å². The first-order valence-electron chi connectivity index (χ1n) is 24.1. The Morgan fingerprint density at radius 1 is 0.831 bits per heavy atom. The molecule has 17 heteroatoms. The fourth-order valence-electron chi connectivity index (χ4n) is 9.80. The monoisotopic (exact) mass is 967 g/mol. The maximum Gasteiger partial charge on any atom is 0.260 e. The van der Waals surface area contributed by atoms with Crippen LogP contribution in [0.15, 0.2) is 90.2 Å². The van der Waals surface area contributed by atoms with Gasteiger partial charge in [0.1, 0.15) is 25.5 Å².